The van der Waals surface area contributed by atoms with E-state index >= 15 is 0 Å². The molecule has 14 heteroatoms. The Morgan fingerprint density at radius 2 is 1.68 bits per heavy atom. The molecule has 3 aromatic heterocycles. The van der Waals surface area contributed by atoms with Gasteiger partial charge in [-0.15, -0.1) is 11.3 Å². The second-order valence-electron chi connectivity index (χ2n) is 10.5. The summed E-state index contributed by atoms with van der Waals surface area (Å²) in [5, 5.41) is 6.59. The summed E-state index contributed by atoms with van der Waals surface area (Å²) in [6.45, 7) is 0.202. The number of nitrogens with two attached hydrogens (primary N) is 1. The van der Waals surface area contributed by atoms with Gasteiger partial charge in [-0.1, -0.05) is 42.5 Å². The Bertz CT molecular complexity index is 2200. The van der Waals surface area contributed by atoms with E-state index in [0.717, 1.165) is 38.4 Å². The fourth-order valence-electron chi connectivity index (χ4n) is 4.80. The summed E-state index contributed by atoms with van der Waals surface area (Å²) in [5.74, 6) is -2.32. The van der Waals surface area contributed by atoms with Crippen LogP contribution >= 0.6 is 11.3 Å². The van der Waals surface area contributed by atoms with Gasteiger partial charge in [0.15, 0.2) is 11.6 Å². The molecule has 6 rings (SSSR count). The first-order valence-electron chi connectivity index (χ1n) is 14.2. The lowest BCUT2D eigenvalue weighted by molar-refractivity contribution is 0.0951. The van der Waals surface area contributed by atoms with Crippen molar-refractivity contribution in [2.24, 2.45) is 0 Å². The molecule has 0 saturated carbocycles. The third kappa shape index (κ3) is 7.68. The van der Waals surface area contributed by atoms with Gasteiger partial charge in [0.05, 0.1) is 35.3 Å². The smallest absolute Gasteiger partial charge is 0.255 e. The summed E-state index contributed by atoms with van der Waals surface area (Å²) in [6, 6.07) is 23.0. The molecular weight excluding hydrogens is 645 g/mol. The molecule has 0 unspecified atom stereocenters. The molecule has 3 aromatic carbocycles. The van der Waals surface area contributed by atoms with Crippen LogP contribution in [0.3, 0.4) is 0 Å². The Labute approximate surface area is 272 Å². The molecule has 1 amide bonds. The quantitative estimate of drug-likeness (QED) is 0.129. The van der Waals surface area contributed by atoms with E-state index in [-0.39, 0.29) is 29.4 Å². The molecule has 0 bridgehead atoms. The van der Waals surface area contributed by atoms with Crippen molar-refractivity contribution in [1.82, 2.24) is 20.3 Å². The fourth-order valence-corrected chi connectivity index (χ4v) is 6.92. The van der Waals surface area contributed by atoms with Crippen LogP contribution in [0.2, 0.25) is 0 Å². The lowest BCUT2D eigenvalue weighted by Gasteiger charge is -2.14. The first-order chi connectivity index (χ1) is 22.6. The van der Waals surface area contributed by atoms with Gasteiger partial charge in [-0.05, 0) is 59.2 Å². The van der Waals surface area contributed by atoms with Crippen LogP contribution in [0, 0.1) is 11.6 Å². The fraction of sp³-hybridized carbons (Fsp3) is 0.0909. The standard InChI is InChI=1S/C33H27F2N7O3S2/c34-27-9-6-21(12-28(27)35)15-39-33(43)26-14-23(42-47(44,45)18-20-4-2-1-3-5-20)16-37-32(26)38-17-24-8-11-30(46-24)22-7-10-29-25(13-22)31(36)41-19-40-29/h1-14,16,19,42H,15,17-18H2,(H,37,38)(H,39,43)(H2,36,40,41). The van der Waals surface area contributed by atoms with Crippen LogP contribution in [0.4, 0.5) is 26.1 Å². The number of anilines is 3. The van der Waals surface area contributed by atoms with Crippen molar-refractivity contribution in [1.29, 1.82) is 0 Å². The number of hydrogen-bond donors (Lipinski definition) is 4. The summed E-state index contributed by atoms with van der Waals surface area (Å²) < 4.78 is 55.4. The first kappa shape index (κ1) is 31.5. The van der Waals surface area contributed by atoms with Gasteiger partial charge in [0, 0.05) is 21.7 Å². The highest BCUT2D eigenvalue weighted by atomic mass is 32.2. The summed E-state index contributed by atoms with van der Waals surface area (Å²) >= 11 is 1.53. The maximum absolute atomic E-state index is 13.7. The van der Waals surface area contributed by atoms with E-state index in [4.69, 9.17) is 5.73 Å². The predicted molar refractivity (Wildman–Crippen MR) is 179 cm³/mol. The van der Waals surface area contributed by atoms with Crippen molar-refractivity contribution in [2.75, 3.05) is 15.8 Å². The molecule has 0 aliphatic carbocycles. The molecule has 0 fully saturated rings. The van der Waals surface area contributed by atoms with Gasteiger partial charge in [0.25, 0.3) is 5.91 Å². The van der Waals surface area contributed by atoms with E-state index in [1.54, 1.807) is 30.3 Å². The number of hydrogen-bond acceptors (Lipinski definition) is 9. The number of pyridine rings is 1. The van der Waals surface area contributed by atoms with Crippen molar-refractivity contribution in [2.45, 2.75) is 18.8 Å². The topological polar surface area (TPSA) is 152 Å². The van der Waals surface area contributed by atoms with E-state index in [1.807, 2.05) is 30.3 Å². The Morgan fingerprint density at radius 3 is 2.49 bits per heavy atom. The monoisotopic (exact) mass is 671 g/mol. The molecular formula is C33H27F2N7O3S2. The summed E-state index contributed by atoms with van der Waals surface area (Å²) in [4.78, 5) is 28.0. The number of nitrogens with zero attached hydrogens (tertiary/aromatic N) is 3. The first-order valence-corrected chi connectivity index (χ1v) is 16.7. The van der Waals surface area contributed by atoms with Crippen molar-refractivity contribution >= 4 is 55.5 Å². The average molecular weight is 672 g/mol. The number of nitrogens with one attached hydrogen (secondary N) is 3. The Morgan fingerprint density at radius 1 is 0.851 bits per heavy atom. The van der Waals surface area contributed by atoms with Crippen molar-refractivity contribution in [3.8, 4) is 10.4 Å². The molecule has 0 aliphatic heterocycles. The lowest BCUT2D eigenvalue weighted by atomic mass is 10.1. The summed E-state index contributed by atoms with van der Waals surface area (Å²) in [7, 11) is -3.84. The average Bonchev–Trinajstić information content (AvgIpc) is 3.54. The molecule has 0 aliphatic rings. The zero-order valence-corrected chi connectivity index (χ0v) is 26.2. The van der Waals surface area contributed by atoms with E-state index < -0.39 is 27.6 Å². The Kier molecular flexibility index (Phi) is 9.04. The van der Waals surface area contributed by atoms with Crippen molar-refractivity contribution in [3.05, 3.63) is 131 Å². The minimum Gasteiger partial charge on any atom is -0.383 e. The summed E-state index contributed by atoms with van der Waals surface area (Å²) in [6.07, 6.45) is 2.74. The van der Waals surface area contributed by atoms with Crippen molar-refractivity contribution in [3.63, 3.8) is 0 Å². The number of rotatable bonds is 11. The largest absolute Gasteiger partial charge is 0.383 e. The van der Waals surface area contributed by atoms with Crippen LogP contribution in [0.5, 0.6) is 0 Å². The van der Waals surface area contributed by atoms with Gasteiger partial charge in [-0.3, -0.25) is 9.52 Å². The molecule has 238 valence electrons. The number of thiophene rings is 1. The van der Waals surface area contributed by atoms with Gasteiger partial charge in [-0.25, -0.2) is 32.2 Å². The highest BCUT2D eigenvalue weighted by molar-refractivity contribution is 7.91. The zero-order valence-electron chi connectivity index (χ0n) is 24.6. The number of amides is 1. The molecule has 6 aromatic rings. The SMILES string of the molecule is Nc1ncnc2ccc(-c3ccc(CNc4ncc(NS(=O)(=O)Cc5ccccc5)cc4C(=O)NCc4ccc(F)c(F)c4)s3)cc12. The lowest BCUT2D eigenvalue weighted by Crippen LogP contribution is -2.25. The van der Waals surface area contributed by atoms with Gasteiger partial charge >= 0.3 is 0 Å². The number of benzene rings is 3. The number of fused-ring (bicyclic) bond motifs is 1. The highest BCUT2D eigenvalue weighted by Gasteiger charge is 2.18. The molecule has 0 radical (unpaired) electrons. The van der Waals surface area contributed by atoms with Crippen LogP contribution in [0.15, 0.2) is 97.5 Å². The molecule has 5 N–H and O–H groups in total. The van der Waals surface area contributed by atoms with Crippen LogP contribution in [0.25, 0.3) is 21.3 Å². The van der Waals surface area contributed by atoms with E-state index in [0.29, 0.717) is 23.5 Å². The number of carbonyl (C=O) groups is 1. The van der Waals surface area contributed by atoms with Crippen LogP contribution in [0.1, 0.15) is 26.4 Å². The predicted octanol–water partition coefficient (Wildman–Crippen LogP) is 6.10. The van der Waals surface area contributed by atoms with Gasteiger partial charge in [0.2, 0.25) is 10.0 Å². The number of carbonyl (C=O) groups excluding carboxylic acids is 1. The number of sulfonamides is 1. The molecule has 47 heavy (non-hydrogen) atoms. The second-order valence-corrected chi connectivity index (χ2v) is 13.4. The Hall–Kier alpha value is -5.47. The highest BCUT2D eigenvalue weighted by Crippen LogP contribution is 2.32. The van der Waals surface area contributed by atoms with Gasteiger partial charge < -0.3 is 16.4 Å². The van der Waals surface area contributed by atoms with E-state index in [2.05, 4.69) is 30.3 Å². The maximum atomic E-state index is 13.7. The molecule has 0 spiro atoms. The second kappa shape index (κ2) is 13.5. The van der Waals surface area contributed by atoms with Gasteiger partial charge in [0.1, 0.15) is 18.0 Å². The third-order valence-corrected chi connectivity index (χ3v) is 9.48. The minimum absolute atomic E-state index is 0.0503. The maximum Gasteiger partial charge on any atom is 0.255 e. The molecule has 10 nitrogen and oxygen atoms in total. The molecule has 0 atom stereocenters. The van der Waals surface area contributed by atoms with E-state index in [9.17, 15) is 22.0 Å². The minimum atomic E-state index is -3.84. The van der Waals surface area contributed by atoms with Crippen molar-refractivity contribution < 1.29 is 22.0 Å². The molecule has 3 heterocycles. The number of nitrogen functional groups attached to an aromatic ring is 1. The Balaban J connectivity index is 1.22. The zero-order chi connectivity index (χ0) is 33.0. The number of halogens is 2. The molecule has 0 saturated heterocycles. The summed E-state index contributed by atoms with van der Waals surface area (Å²) in [5.41, 5.74) is 8.79. The normalized spacial score (nSPS) is 11.4. The van der Waals surface area contributed by atoms with Crippen LogP contribution < -0.4 is 21.1 Å². The third-order valence-electron chi connectivity index (χ3n) is 7.08. The van der Waals surface area contributed by atoms with Crippen LogP contribution in [-0.2, 0) is 28.9 Å². The number of aromatic nitrogens is 3. The van der Waals surface area contributed by atoms with E-state index in [1.165, 1.54) is 36.0 Å². The van der Waals surface area contributed by atoms with Crippen LogP contribution in [-0.4, -0.2) is 29.3 Å². The van der Waals surface area contributed by atoms with Gasteiger partial charge in [-0.2, -0.15) is 0 Å².